The van der Waals surface area contributed by atoms with Crippen LogP contribution in [0.3, 0.4) is 0 Å². The van der Waals surface area contributed by atoms with Crippen LogP contribution in [0.4, 0.5) is 5.69 Å². The molecule has 1 saturated heterocycles. The lowest BCUT2D eigenvalue weighted by molar-refractivity contribution is -0.119. The maximum absolute atomic E-state index is 12.1. The second-order valence-electron chi connectivity index (χ2n) is 6.16. The van der Waals surface area contributed by atoms with Crippen molar-refractivity contribution < 1.29 is 4.79 Å². The third-order valence-corrected chi connectivity index (χ3v) is 4.69. The summed E-state index contributed by atoms with van der Waals surface area (Å²) in [5.41, 5.74) is 2.85. The van der Waals surface area contributed by atoms with Gasteiger partial charge in [0.15, 0.2) is 0 Å². The summed E-state index contributed by atoms with van der Waals surface area (Å²) < 4.78 is 0. The van der Waals surface area contributed by atoms with Crippen molar-refractivity contribution in [1.82, 2.24) is 15.3 Å². The maximum atomic E-state index is 12.1. The number of carbonyl (C=O) groups excluding carboxylic acids is 1. The second-order valence-corrected chi connectivity index (χ2v) is 6.16. The Labute approximate surface area is 123 Å². The highest BCUT2D eigenvalue weighted by Gasteiger charge is 2.24. The summed E-state index contributed by atoms with van der Waals surface area (Å²) in [6.45, 7) is 1.71. The number of carbonyl (C=O) groups is 1. The van der Waals surface area contributed by atoms with Crippen LogP contribution in [0.5, 0.6) is 0 Å². The van der Waals surface area contributed by atoms with Crippen molar-refractivity contribution in [2.24, 2.45) is 5.92 Å². The molecule has 1 aliphatic heterocycles. The van der Waals surface area contributed by atoms with Crippen LogP contribution >= 0.6 is 0 Å². The smallest absolute Gasteiger partial charge is 0.228 e. The van der Waals surface area contributed by atoms with Gasteiger partial charge in [-0.2, -0.15) is 0 Å². The standard InChI is InChI=1S/C16H20N4O/c21-16(11-6-7-17-9-11)18-12-4-5-13-14(8-12)20-15(19-13)10-2-1-3-10/h4-5,8,10-11,17H,1-3,6-7,9H2,(H,18,21)(H,19,20). The normalized spacial score (nSPS) is 22.4. The second kappa shape index (κ2) is 5.15. The molecule has 3 N–H and O–H groups in total. The molecule has 5 nitrogen and oxygen atoms in total. The quantitative estimate of drug-likeness (QED) is 0.810. The van der Waals surface area contributed by atoms with Gasteiger partial charge in [0.05, 0.1) is 17.0 Å². The first kappa shape index (κ1) is 12.8. The van der Waals surface area contributed by atoms with Crippen molar-refractivity contribution >= 4 is 22.6 Å². The van der Waals surface area contributed by atoms with Crippen molar-refractivity contribution in [3.8, 4) is 0 Å². The summed E-state index contributed by atoms with van der Waals surface area (Å²) >= 11 is 0. The number of hydrogen-bond acceptors (Lipinski definition) is 3. The molecule has 0 radical (unpaired) electrons. The zero-order chi connectivity index (χ0) is 14.2. The van der Waals surface area contributed by atoms with Crippen molar-refractivity contribution in [2.45, 2.75) is 31.6 Å². The van der Waals surface area contributed by atoms with Crippen LogP contribution in [0.1, 0.15) is 37.4 Å². The van der Waals surface area contributed by atoms with Crippen molar-refractivity contribution in [3.63, 3.8) is 0 Å². The number of hydrogen-bond donors (Lipinski definition) is 3. The number of imidazole rings is 1. The Morgan fingerprint density at radius 3 is 2.90 bits per heavy atom. The van der Waals surface area contributed by atoms with Gasteiger partial charge >= 0.3 is 0 Å². The molecule has 2 heterocycles. The van der Waals surface area contributed by atoms with Gasteiger partial charge in [0.1, 0.15) is 5.82 Å². The SMILES string of the molecule is O=C(Nc1ccc2nc(C3CCC3)[nH]c2c1)C1CCNC1. The number of H-pyrrole nitrogens is 1. The fourth-order valence-corrected chi connectivity index (χ4v) is 3.10. The average Bonchev–Trinajstić information content (AvgIpc) is 3.04. The monoisotopic (exact) mass is 284 g/mol. The molecule has 0 spiro atoms. The Bertz CT molecular complexity index is 668. The predicted molar refractivity (Wildman–Crippen MR) is 82.3 cm³/mol. The lowest BCUT2D eigenvalue weighted by Gasteiger charge is -2.22. The molecule has 1 saturated carbocycles. The van der Waals surface area contributed by atoms with Gasteiger partial charge in [-0.25, -0.2) is 4.98 Å². The minimum Gasteiger partial charge on any atom is -0.342 e. The van der Waals surface area contributed by atoms with Crippen LogP contribution in [0.15, 0.2) is 18.2 Å². The molecule has 2 aromatic rings. The van der Waals surface area contributed by atoms with Crippen LogP contribution in [-0.4, -0.2) is 29.0 Å². The number of amides is 1. The molecule has 1 aromatic carbocycles. The lowest BCUT2D eigenvalue weighted by Crippen LogP contribution is -2.24. The van der Waals surface area contributed by atoms with Crippen molar-refractivity contribution in [3.05, 3.63) is 24.0 Å². The molecule has 110 valence electrons. The summed E-state index contributed by atoms with van der Waals surface area (Å²) in [5, 5.41) is 6.24. The fraction of sp³-hybridized carbons (Fsp3) is 0.500. The molecule has 21 heavy (non-hydrogen) atoms. The maximum Gasteiger partial charge on any atom is 0.228 e. The van der Waals surface area contributed by atoms with Crippen molar-refractivity contribution in [2.75, 3.05) is 18.4 Å². The minimum absolute atomic E-state index is 0.0907. The van der Waals surface area contributed by atoms with E-state index in [-0.39, 0.29) is 11.8 Å². The van der Waals surface area contributed by atoms with E-state index < -0.39 is 0 Å². The molecule has 5 heteroatoms. The van der Waals surface area contributed by atoms with Crippen LogP contribution in [0, 0.1) is 5.92 Å². The van der Waals surface area contributed by atoms with Gasteiger partial charge < -0.3 is 15.6 Å². The van der Waals surface area contributed by atoms with E-state index in [0.29, 0.717) is 5.92 Å². The van der Waals surface area contributed by atoms with Gasteiger partial charge in [-0.3, -0.25) is 4.79 Å². The third kappa shape index (κ3) is 2.42. The highest BCUT2D eigenvalue weighted by Crippen LogP contribution is 2.35. The van der Waals surface area contributed by atoms with E-state index in [1.807, 2.05) is 18.2 Å². The zero-order valence-corrected chi connectivity index (χ0v) is 12.0. The van der Waals surface area contributed by atoms with Crippen LogP contribution < -0.4 is 10.6 Å². The molecule has 1 unspecified atom stereocenters. The lowest BCUT2D eigenvalue weighted by atomic mass is 9.85. The van der Waals surface area contributed by atoms with Gasteiger partial charge in [-0.05, 0) is 44.0 Å². The van der Waals surface area contributed by atoms with Gasteiger partial charge in [0, 0.05) is 18.2 Å². The highest BCUT2D eigenvalue weighted by molar-refractivity contribution is 5.94. The number of benzene rings is 1. The van der Waals surface area contributed by atoms with Gasteiger partial charge in [-0.1, -0.05) is 6.42 Å². The van der Waals surface area contributed by atoms with Crippen LogP contribution in [0.25, 0.3) is 11.0 Å². The van der Waals surface area contributed by atoms with E-state index in [2.05, 4.69) is 20.6 Å². The fourth-order valence-electron chi connectivity index (χ4n) is 3.10. The number of anilines is 1. The van der Waals surface area contributed by atoms with Crippen LogP contribution in [0.2, 0.25) is 0 Å². The number of aromatic nitrogens is 2. The summed E-state index contributed by atoms with van der Waals surface area (Å²) in [4.78, 5) is 20.2. The molecule has 1 amide bonds. The van der Waals surface area contributed by atoms with E-state index in [0.717, 1.165) is 42.1 Å². The summed E-state index contributed by atoms with van der Waals surface area (Å²) in [5.74, 6) is 1.89. The molecule has 1 atom stereocenters. The van der Waals surface area contributed by atoms with Crippen molar-refractivity contribution in [1.29, 1.82) is 0 Å². The first-order chi connectivity index (χ1) is 10.3. The largest absolute Gasteiger partial charge is 0.342 e. The molecule has 2 aliphatic rings. The topological polar surface area (TPSA) is 69.8 Å². The highest BCUT2D eigenvalue weighted by atomic mass is 16.1. The summed E-state index contributed by atoms with van der Waals surface area (Å²) in [6.07, 6.45) is 4.69. The van der Waals surface area contributed by atoms with Gasteiger partial charge in [-0.15, -0.1) is 0 Å². The van der Waals surface area contributed by atoms with E-state index in [4.69, 9.17) is 0 Å². The Morgan fingerprint density at radius 1 is 1.29 bits per heavy atom. The number of nitrogens with zero attached hydrogens (tertiary/aromatic N) is 1. The molecule has 0 bridgehead atoms. The molecule has 2 fully saturated rings. The van der Waals surface area contributed by atoms with Gasteiger partial charge in [0.2, 0.25) is 5.91 Å². The number of fused-ring (bicyclic) bond motifs is 1. The zero-order valence-electron chi connectivity index (χ0n) is 12.0. The van der Waals surface area contributed by atoms with E-state index in [9.17, 15) is 4.79 Å². The van der Waals surface area contributed by atoms with E-state index >= 15 is 0 Å². The average molecular weight is 284 g/mol. The summed E-state index contributed by atoms with van der Waals surface area (Å²) in [6, 6.07) is 5.91. The Kier molecular flexibility index (Phi) is 3.15. The Balaban J connectivity index is 1.53. The molecule has 4 rings (SSSR count). The number of rotatable bonds is 3. The Hall–Kier alpha value is -1.88. The molecule has 1 aromatic heterocycles. The third-order valence-electron chi connectivity index (χ3n) is 4.69. The predicted octanol–water partition coefficient (Wildman–Crippen LogP) is 2.38. The Morgan fingerprint density at radius 2 is 2.19 bits per heavy atom. The van der Waals surface area contributed by atoms with Crippen LogP contribution in [-0.2, 0) is 4.79 Å². The molecule has 1 aliphatic carbocycles. The summed E-state index contributed by atoms with van der Waals surface area (Å²) in [7, 11) is 0. The minimum atomic E-state index is 0.0907. The first-order valence-electron chi connectivity index (χ1n) is 7.81. The number of nitrogens with one attached hydrogen (secondary N) is 3. The van der Waals surface area contributed by atoms with E-state index in [1.54, 1.807) is 0 Å². The molecular weight excluding hydrogens is 264 g/mol. The van der Waals surface area contributed by atoms with E-state index in [1.165, 1.54) is 19.3 Å². The number of aromatic amines is 1. The first-order valence-corrected chi connectivity index (χ1v) is 7.81. The molecular formula is C16H20N4O. The van der Waals surface area contributed by atoms with Gasteiger partial charge in [0.25, 0.3) is 0 Å².